The normalized spacial score (nSPS) is 11.6. The maximum absolute atomic E-state index is 13.7. The van der Waals surface area contributed by atoms with Gasteiger partial charge in [0.15, 0.2) is 5.82 Å². The Hall–Kier alpha value is -3.75. The van der Waals surface area contributed by atoms with Crippen molar-refractivity contribution < 1.29 is 22.4 Å². The lowest BCUT2D eigenvalue weighted by Gasteiger charge is -2.09. The van der Waals surface area contributed by atoms with Crippen LogP contribution in [0.5, 0.6) is 0 Å². The van der Waals surface area contributed by atoms with E-state index in [0.717, 1.165) is 29.8 Å². The Morgan fingerprint density at radius 3 is 2.33 bits per heavy atom. The number of halogens is 4. The Kier molecular flexibility index (Phi) is 4.94. The molecule has 5 nitrogen and oxygen atoms in total. The van der Waals surface area contributed by atoms with Crippen LogP contribution in [0.25, 0.3) is 11.0 Å². The lowest BCUT2D eigenvalue weighted by molar-refractivity contribution is -0.137. The number of fused-ring (bicyclic) bond motifs is 1. The van der Waals surface area contributed by atoms with Crippen LogP contribution in [0.2, 0.25) is 0 Å². The van der Waals surface area contributed by atoms with Gasteiger partial charge in [-0.2, -0.15) is 13.2 Å². The van der Waals surface area contributed by atoms with E-state index in [4.69, 9.17) is 0 Å². The van der Waals surface area contributed by atoms with Gasteiger partial charge in [0.2, 0.25) is 0 Å². The van der Waals surface area contributed by atoms with Gasteiger partial charge in [-0.05, 0) is 54.1 Å². The summed E-state index contributed by atoms with van der Waals surface area (Å²) in [6, 6.07) is 15.4. The standard InChI is InChI=1S/C21H14F4N4O/c22-17-2-1-3-18-19(17)27-28-29(18)12-13-4-10-16(11-5-13)26-20(30)14-6-8-15(9-7-14)21(23,24)25/h1-11H,12H2,(H,26,30). The quantitative estimate of drug-likeness (QED) is 0.484. The molecular formula is C21H14F4N4O. The van der Waals surface area contributed by atoms with Crippen LogP contribution in [0.3, 0.4) is 0 Å². The zero-order chi connectivity index (χ0) is 21.3. The van der Waals surface area contributed by atoms with Crippen LogP contribution >= 0.6 is 0 Å². The van der Waals surface area contributed by atoms with Crippen molar-refractivity contribution in [2.75, 3.05) is 5.32 Å². The molecule has 9 heteroatoms. The molecule has 1 aromatic heterocycles. The Morgan fingerprint density at radius 1 is 0.967 bits per heavy atom. The second kappa shape index (κ2) is 7.58. The molecule has 0 radical (unpaired) electrons. The van der Waals surface area contributed by atoms with Gasteiger partial charge in [0.1, 0.15) is 5.52 Å². The minimum Gasteiger partial charge on any atom is -0.322 e. The molecule has 0 spiro atoms. The molecule has 0 bridgehead atoms. The van der Waals surface area contributed by atoms with E-state index < -0.39 is 23.5 Å². The summed E-state index contributed by atoms with van der Waals surface area (Å²) in [5.74, 6) is -0.964. The van der Waals surface area contributed by atoms with Gasteiger partial charge in [-0.15, -0.1) is 5.10 Å². The lowest BCUT2D eigenvalue weighted by atomic mass is 10.1. The molecule has 4 rings (SSSR count). The molecule has 0 aliphatic heterocycles. The highest BCUT2D eigenvalue weighted by molar-refractivity contribution is 6.04. The first-order valence-electron chi connectivity index (χ1n) is 8.86. The summed E-state index contributed by atoms with van der Waals surface area (Å²) >= 11 is 0. The number of aromatic nitrogens is 3. The van der Waals surface area contributed by atoms with Gasteiger partial charge in [-0.1, -0.05) is 23.4 Å². The van der Waals surface area contributed by atoms with Crippen molar-refractivity contribution in [2.24, 2.45) is 0 Å². The van der Waals surface area contributed by atoms with Crippen molar-refractivity contribution in [3.8, 4) is 0 Å². The van der Waals surface area contributed by atoms with Crippen LogP contribution in [0.1, 0.15) is 21.5 Å². The molecule has 0 fully saturated rings. The van der Waals surface area contributed by atoms with Crippen molar-refractivity contribution in [3.63, 3.8) is 0 Å². The number of rotatable bonds is 4. The molecule has 4 aromatic rings. The fraction of sp³-hybridized carbons (Fsp3) is 0.0952. The molecule has 1 heterocycles. The van der Waals surface area contributed by atoms with E-state index >= 15 is 0 Å². The van der Waals surface area contributed by atoms with Gasteiger partial charge < -0.3 is 5.32 Å². The maximum atomic E-state index is 13.7. The third kappa shape index (κ3) is 4.00. The lowest BCUT2D eigenvalue weighted by Crippen LogP contribution is -2.13. The van der Waals surface area contributed by atoms with E-state index in [-0.39, 0.29) is 11.1 Å². The number of hydrogen-bond acceptors (Lipinski definition) is 3. The van der Waals surface area contributed by atoms with E-state index in [1.807, 2.05) is 0 Å². The Labute approximate surface area is 167 Å². The zero-order valence-corrected chi connectivity index (χ0v) is 15.3. The summed E-state index contributed by atoms with van der Waals surface area (Å²) in [5.41, 5.74) is 1.39. The highest BCUT2D eigenvalue weighted by atomic mass is 19.4. The van der Waals surface area contributed by atoms with E-state index in [1.54, 1.807) is 41.1 Å². The number of amides is 1. The molecule has 30 heavy (non-hydrogen) atoms. The smallest absolute Gasteiger partial charge is 0.322 e. The summed E-state index contributed by atoms with van der Waals surface area (Å²) in [4.78, 5) is 12.2. The van der Waals surface area contributed by atoms with Crippen molar-refractivity contribution in [1.29, 1.82) is 0 Å². The second-order valence-electron chi connectivity index (χ2n) is 6.58. The summed E-state index contributed by atoms with van der Waals surface area (Å²) in [6.07, 6.45) is -4.45. The van der Waals surface area contributed by atoms with Gasteiger partial charge in [-0.3, -0.25) is 4.79 Å². The molecule has 0 aliphatic rings. The minimum atomic E-state index is -4.45. The van der Waals surface area contributed by atoms with Gasteiger partial charge in [0.25, 0.3) is 5.91 Å². The molecule has 0 unspecified atom stereocenters. The Bertz CT molecular complexity index is 1200. The molecule has 152 valence electrons. The van der Waals surface area contributed by atoms with Crippen molar-refractivity contribution in [3.05, 3.63) is 89.2 Å². The molecule has 1 amide bonds. The number of carbonyl (C=O) groups excluding carboxylic acids is 1. The fourth-order valence-electron chi connectivity index (χ4n) is 2.96. The largest absolute Gasteiger partial charge is 0.416 e. The molecule has 3 aromatic carbocycles. The van der Waals surface area contributed by atoms with Crippen LogP contribution in [0.4, 0.5) is 23.2 Å². The fourth-order valence-corrected chi connectivity index (χ4v) is 2.96. The second-order valence-corrected chi connectivity index (χ2v) is 6.58. The zero-order valence-electron chi connectivity index (χ0n) is 15.3. The van der Waals surface area contributed by atoms with Crippen molar-refractivity contribution >= 4 is 22.6 Å². The van der Waals surface area contributed by atoms with Gasteiger partial charge in [0.05, 0.1) is 17.6 Å². The molecular weight excluding hydrogens is 400 g/mol. The predicted octanol–water partition coefficient (Wildman–Crippen LogP) is 4.89. The summed E-state index contributed by atoms with van der Waals surface area (Å²) in [7, 11) is 0. The number of hydrogen-bond donors (Lipinski definition) is 1. The number of carbonyl (C=O) groups is 1. The number of benzene rings is 3. The maximum Gasteiger partial charge on any atom is 0.416 e. The minimum absolute atomic E-state index is 0.114. The summed E-state index contributed by atoms with van der Waals surface area (Å²) < 4.78 is 53.1. The van der Waals surface area contributed by atoms with E-state index in [9.17, 15) is 22.4 Å². The van der Waals surface area contributed by atoms with Gasteiger partial charge in [-0.25, -0.2) is 9.07 Å². The van der Waals surface area contributed by atoms with Crippen LogP contribution in [-0.4, -0.2) is 20.9 Å². The highest BCUT2D eigenvalue weighted by Gasteiger charge is 2.30. The van der Waals surface area contributed by atoms with Crippen LogP contribution in [0, 0.1) is 5.82 Å². The van der Waals surface area contributed by atoms with Crippen molar-refractivity contribution in [2.45, 2.75) is 12.7 Å². The number of nitrogens with zero attached hydrogens (tertiary/aromatic N) is 3. The molecule has 1 N–H and O–H groups in total. The Morgan fingerprint density at radius 2 is 1.67 bits per heavy atom. The molecule has 0 saturated heterocycles. The average Bonchev–Trinajstić information content (AvgIpc) is 3.13. The van der Waals surface area contributed by atoms with E-state index in [2.05, 4.69) is 15.6 Å². The first kappa shape index (κ1) is 19.6. The monoisotopic (exact) mass is 414 g/mol. The van der Waals surface area contributed by atoms with Crippen LogP contribution < -0.4 is 5.32 Å². The average molecular weight is 414 g/mol. The molecule has 0 aliphatic carbocycles. The number of anilines is 1. The summed E-state index contributed by atoms with van der Waals surface area (Å²) in [5, 5.41) is 10.4. The predicted molar refractivity (Wildman–Crippen MR) is 102 cm³/mol. The third-order valence-corrected chi connectivity index (χ3v) is 4.51. The van der Waals surface area contributed by atoms with Crippen LogP contribution in [0.15, 0.2) is 66.7 Å². The van der Waals surface area contributed by atoms with Crippen molar-refractivity contribution in [1.82, 2.24) is 15.0 Å². The summed E-state index contributed by atoms with van der Waals surface area (Å²) in [6.45, 7) is 0.354. The molecule has 0 atom stereocenters. The SMILES string of the molecule is O=C(Nc1ccc(Cn2nnc3c(F)cccc32)cc1)c1ccc(C(F)(F)F)cc1. The topological polar surface area (TPSA) is 59.8 Å². The number of alkyl halides is 3. The van der Waals surface area contributed by atoms with Gasteiger partial charge in [0, 0.05) is 11.3 Å². The van der Waals surface area contributed by atoms with E-state index in [1.165, 1.54) is 6.07 Å². The van der Waals surface area contributed by atoms with Crippen LogP contribution in [-0.2, 0) is 12.7 Å². The van der Waals surface area contributed by atoms with Gasteiger partial charge >= 0.3 is 6.18 Å². The van der Waals surface area contributed by atoms with E-state index in [0.29, 0.717) is 17.7 Å². The third-order valence-electron chi connectivity index (χ3n) is 4.51. The first-order chi connectivity index (χ1) is 14.3. The first-order valence-corrected chi connectivity index (χ1v) is 8.86. The number of nitrogens with one attached hydrogen (secondary N) is 1. The highest BCUT2D eigenvalue weighted by Crippen LogP contribution is 2.29. The molecule has 0 saturated carbocycles. The Balaban J connectivity index is 1.44.